The van der Waals surface area contributed by atoms with Crippen molar-refractivity contribution in [2.75, 3.05) is 0 Å². The Kier molecular flexibility index (Phi) is 2.29. The lowest BCUT2D eigenvalue weighted by Gasteiger charge is -2.40. The molecule has 4 heteroatoms. The largest absolute Gasteiger partial charge is 0.358 e. The Hall–Kier alpha value is -1.39. The van der Waals surface area contributed by atoms with E-state index in [0.717, 1.165) is 11.1 Å². The molecule has 0 aromatic heterocycles. The summed E-state index contributed by atoms with van der Waals surface area (Å²) in [6, 6.07) is 15.5. The van der Waals surface area contributed by atoms with Crippen LogP contribution in [0.25, 0.3) is 0 Å². The van der Waals surface area contributed by atoms with Crippen LogP contribution in [0.3, 0.4) is 0 Å². The zero-order valence-electron chi connectivity index (χ0n) is 9.92. The van der Waals surface area contributed by atoms with Gasteiger partial charge in [0, 0.05) is 16.5 Å². The summed E-state index contributed by atoms with van der Waals surface area (Å²) in [5.74, 6) is -1.41. The van der Waals surface area contributed by atoms with Crippen molar-refractivity contribution in [3.63, 3.8) is 0 Å². The lowest BCUT2D eigenvalue weighted by Crippen LogP contribution is -2.52. The van der Waals surface area contributed by atoms with Crippen LogP contribution in [0.15, 0.2) is 48.5 Å². The van der Waals surface area contributed by atoms with E-state index >= 15 is 0 Å². The van der Waals surface area contributed by atoms with Crippen molar-refractivity contribution in [2.45, 2.75) is 17.8 Å². The van der Waals surface area contributed by atoms with Crippen LogP contribution in [0.2, 0.25) is 5.02 Å². The number of hydrogen-bond donors (Lipinski definition) is 1. The van der Waals surface area contributed by atoms with Crippen LogP contribution in [0, 0.1) is 0 Å². The van der Waals surface area contributed by atoms with Gasteiger partial charge >= 0.3 is 0 Å². The lowest BCUT2D eigenvalue weighted by molar-refractivity contribution is -0.572. The van der Waals surface area contributed by atoms with E-state index in [1.165, 1.54) is 0 Å². The van der Waals surface area contributed by atoms with Crippen LogP contribution in [0.5, 0.6) is 0 Å². The van der Waals surface area contributed by atoms with Crippen molar-refractivity contribution in [3.05, 3.63) is 70.2 Å². The molecule has 2 aromatic carbocycles. The molecule has 1 saturated heterocycles. The molecule has 2 aliphatic rings. The molecular weight excluding hydrogens is 264 g/mol. The van der Waals surface area contributed by atoms with Gasteiger partial charge in [-0.1, -0.05) is 48.0 Å². The van der Waals surface area contributed by atoms with E-state index < -0.39 is 11.9 Å². The summed E-state index contributed by atoms with van der Waals surface area (Å²) in [5, 5.41) is 11.1. The molecule has 2 aromatic rings. The van der Waals surface area contributed by atoms with E-state index in [9.17, 15) is 5.11 Å². The Morgan fingerprint density at radius 2 is 1.89 bits per heavy atom. The fourth-order valence-electron chi connectivity index (χ4n) is 2.96. The zero-order chi connectivity index (χ0) is 13.0. The number of hydrogen-bond acceptors (Lipinski definition) is 3. The number of halogens is 1. The van der Waals surface area contributed by atoms with Crippen LogP contribution < -0.4 is 0 Å². The summed E-state index contributed by atoms with van der Waals surface area (Å²) in [7, 11) is 0. The van der Waals surface area contributed by atoms with Crippen molar-refractivity contribution in [3.8, 4) is 0 Å². The van der Waals surface area contributed by atoms with Gasteiger partial charge in [0.1, 0.15) is 0 Å². The van der Waals surface area contributed by atoms with E-state index in [1.54, 1.807) is 6.07 Å². The van der Waals surface area contributed by atoms with Crippen molar-refractivity contribution < 1.29 is 14.9 Å². The molecule has 96 valence electrons. The van der Waals surface area contributed by atoms with Crippen molar-refractivity contribution in [1.82, 2.24) is 0 Å². The highest BCUT2D eigenvalue weighted by atomic mass is 35.5. The predicted octanol–water partition coefficient (Wildman–Crippen LogP) is 2.96. The third-order valence-corrected chi connectivity index (χ3v) is 4.10. The maximum atomic E-state index is 10.6. The van der Waals surface area contributed by atoms with Crippen LogP contribution in [0.4, 0.5) is 0 Å². The monoisotopic (exact) mass is 274 g/mol. The van der Waals surface area contributed by atoms with Gasteiger partial charge in [-0.2, -0.15) is 4.89 Å². The molecule has 3 nitrogen and oxygen atoms in total. The summed E-state index contributed by atoms with van der Waals surface area (Å²) in [4.78, 5) is 10.1. The molecule has 19 heavy (non-hydrogen) atoms. The van der Waals surface area contributed by atoms with E-state index in [4.69, 9.17) is 21.4 Å². The van der Waals surface area contributed by atoms with Gasteiger partial charge < -0.3 is 5.11 Å². The van der Waals surface area contributed by atoms with Crippen molar-refractivity contribution >= 4 is 11.6 Å². The van der Waals surface area contributed by atoms with Crippen LogP contribution >= 0.6 is 11.6 Å². The molecule has 1 unspecified atom stereocenters. The number of rotatable bonds is 1. The second kappa shape index (κ2) is 3.81. The first-order chi connectivity index (χ1) is 9.20. The Labute approximate surface area is 115 Å². The highest BCUT2D eigenvalue weighted by molar-refractivity contribution is 6.30. The van der Waals surface area contributed by atoms with E-state index in [-0.39, 0.29) is 5.92 Å². The van der Waals surface area contributed by atoms with Gasteiger partial charge in [-0.15, -0.1) is 0 Å². The summed E-state index contributed by atoms with van der Waals surface area (Å²) in [5.41, 5.74) is 2.79. The maximum absolute atomic E-state index is 10.6. The van der Waals surface area contributed by atoms with Gasteiger partial charge in [0.2, 0.25) is 0 Å². The SMILES string of the molecule is O[C@]12OOC1[C@H](c1ccccc1)c1ccc(Cl)cc12. The topological polar surface area (TPSA) is 38.7 Å². The highest BCUT2D eigenvalue weighted by Crippen LogP contribution is 2.55. The third kappa shape index (κ3) is 1.44. The van der Waals surface area contributed by atoms with Gasteiger partial charge in [-0.05, 0) is 23.3 Å². The standard InChI is InChI=1S/C15H11ClO3/c16-10-6-7-11-12(8-10)15(17)14(18-19-15)13(11)9-4-2-1-3-5-9/h1-8,13-14,17H/t13-,14?,15-/m1/s1. The summed E-state index contributed by atoms with van der Waals surface area (Å²) < 4.78 is 0. The van der Waals surface area contributed by atoms with Gasteiger partial charge in [0.15, 0.2) is 6.10 Å². The molecule has 1 N–H and O–H groups in total. The second-order valence-corrected chi connectivity index (χ2v) is 5.35. The average molecular weight is 275 g/mol. The highest BCUT2D eigenvalue weighted by Gasteiger charge is 2.62. The van der Waals surface area contributed by atoms with Crippen molar-refractivity contribution in [2.24, 2.45) is 0 Å². The Bertz CT molecular complexity index is 643. The number of aliphatic hydroxyl groups is 1. The second-order valence-electron chi connectivity index (χ2n) is 4.92. The number of benzene rings is 2. The summed E-state index contributed by atoms with van der Waals surface area (Å²) in [6.07, 6.45) is -0.414. The van der Waals surface area contributed by atoms with E-state index in [1.807, 2.05) is 42.5 Å². The first kappa shape index (κ1) is 11.4. The summed E-state index contributed by atoms with van der Waals surface area (Å²) >= 11 is 6.01. The minimum Gasteiger partial charge on any atom is -0.358 e. The molecule has 0 amide bonds. The average Bonchev–Trinajstić information content (AvgIpc) is 2.59. The zero-order valence-corrected chi connectivity index (χ0v) is 10.7. The quantitative estimate of drug-likeness (QED) is 0.813. The normalized spacial score (nSPS) is 31.5. The minimum absolute atomic E-state index is 0.0350. The first-order valence-corrected chi connectivity index (χ1v) is 6.50. The Morgan fingerprint density at radius 3 is 2.58 bits per heavy atom. The fraction of sp³-hybridized carbons (Fsp3) is 0.200. The van der Waals surface area contributed by atoms with Gasteiger partial charge in [-0.3, -0.25) is 0 Å². The third-order valence-electron chi connectivity index (χ3n) is 3.86. The predicted molar refractivity (Wildman–Crippen MR) is 69.6 cm³/mol. The smallest absolute Gasteiger partial charge is 0.256 e. The summed E-state index contributed by atoms with van der Waals surface area (Å²) in [6.45, 7) is 0. The molecule has 1 fully saturated rings. The van der Waals surface area contributed by atoms with Crippen LogP contribution in [0.1, 0.15) is 22.6 Å². The van der Waals surface area contributed by atoms with Gasteiger partial charge in [-0.25, -0.2) is 4.89 Å². The minimum atomic E-state index is -1.37. The first-order valence-electron chi connectivity index (χ1n) is 6.12. The molecule has 0 radical (unpaired) electrons. The molecular formula is C15H11ClO3. The molecule has 1 aliphatic carbocycles. The van der Waals surface area contributed by atoms with E-state index in [0.29, 0.717) is 10.6 Å². The van der Waals surface area contributed by atoms with Crippen molar-refractivity contribution in [1.29, 1.82) is 0 Å². The van der Waals surface area contributed by atoms with Gasteiger partial charge in [0.25, 0.3) is 5.79 Å². The van der Waals surface area contributed by atoms with Crippen LogP contribution in [-0.4, -0.2) is 11.2 Å². The Morgan fingerprint density at radius 1 is 1.11 bits per heavy atom. The molecule has 0 bridgehead atoms. The molecule has 4 rings (SSSR count). The number of fused-ring (bicyclic) bond motifs is 3. The molecule has 1 aliphatic heterocycles. The van der Waals surface area contributed by atoms with E-state index in [2.05, 4.69) is 0 Å². The fourth-order valence-corrected chi connectivity index (χ4v) is 3.13. The Balaban J connectivity index is 1.91. The van der Waals surface area contributed by atoms with Gasteiger partial charge in [0.05, 0.1) is 0 Å². The molecule has 3 atom stereocenters. The molecule has 0 spiro atoms. The molecule has 0 saturated carbocycles. The lowest BCUT2D eigenvalue weighted by atomic mass is 9.91. The van der Waals surface area contributed by atoms with Crippen LogP contribution in [-0.2, 0) is 15.6 Å². The molecule has 1 heterocycles. The maximum Gasteiger partial charge on any atom is 0.256 e.